The summed E-state index contributed by atoms with van der Waals surface area (Å²) in [6.07, 6.45) is 8.75. The molecule has 5 heterocycles. The minimum atomic E-state index is 0.152. The van der Waals surface area contributed by atoms with Gasteiger partial charge in [-0.05, 0) is 25.1 Å². The van der Waals surface area contributed by atoms with E-state index >= 15 is 0 Å². The van der Waals surface area contributed by atoms with Crippen molar-refractivity contribution in [3.8, 4) is 12.1 Å². The molecular formula is C27H30N12S2. The molecule has 14 heteroatoms. The van der Waals surface area contributed by atoms with Gasteiger partial charge in [-0.15, -0.1) is 0 Å². The van der Waals surface area contributed by atoms with Crippen molar-refractivity contribution < 1.29 is 0 Å². The van der Waals surface area contributed by atoms with Gasteiger partial charge in [0.25, 0.3) is 0 Å². The summed E-state index contributed by atoms with van der Waals surface area (Å²) in [6, 6.07) is 9.78. The Bertz CT molecular complexity index is 1490. The van der Waals surface area contributed by atoms with E-state index in [9.17, 15) is 5.26 Å². The van der Waals surface area contributed by atoms with Crippen molar-refractivity contribution in [2.24, 2.45) is 5.73 Å². The molecule has 2 aliphatic rings. The maximum absolute atomic E-state index is 9.27. The van der Waals surface area contributed by atoms with Gasteiger partial charge in [-0.2, -0.15) is 10.5 Å². The molecule has 210 valence electrons. The summed E-state index contributed by atoms with van der Waals surface area (Å²) < 4.78 is 0.490. The summed E-state index contributed by atoms with van der Waals surface area (Å²) >= 11 is 10.1. The zero-order chi connectivity index (χ0) is 29.2. The third-order valence-electron chi connectivity index (χ3n) is 6.81. The van der Waals surface area contributed by atoms with Gasteiger partial charge in [0.15, 0.2) is 0 Å². The lowest BCUT2D eigenvalue weighted by atomic mass is 10.2. The molecule has 2 saturated heterocycles. The number of hydrogen-bond donors (Lipinski definition) is 2. The number of hydrogen-bond acceptors (Lipinski definition) is 12. The van der Waals surface area contributed by atoms with E-state index in [1.54, 1.807) is 37.1 Å². The van der Waals surface area contributed by atoms with Crippen LogP contribution in [0.1, 0.15) is 12.5 Å². The zero-order valence-electron chi connectivity index (χ0n) is 22.6. The number of nitrogens with two attached hydrogens (primary N) is 1. The molecule has 0 saturated carbocycles. The molecule has 12 nitrogen and oxygen atoms in total. The predicted octanol–water partition coefficient (Wildman–Crippen LogP) is 2.41. The van der Waals surface area contributed by atoms with Crippen LogP contribution in [-0.2, 0) is 0 Å². The number of rotatable bonds is 5. The lowest BCUT2D eigenvalue weighted by Gasteiger charge is -2.36. The van der Waals surface area contributed by atoms with Crippen LogP contribution in [0, 0.1) is 27.3 Å². The molecule has 5 rings (SSSR count). The van der Waals surface area contributed by atoms with Gasteiger partial charge in [0, 0.05) is 89.0 Å². The standard InChI is InChI=1S/C14H14N6S.C13H16N6S/c15-10-11-12(2-5-16-13(11)21)19-6-8-20(9-7-19)14-17-3-1-4-18-14;1-10(11(9-14)12(15)20)18-5-7-19(8-6-18)13-16-3-2-4-17-13/h1-5H,6-9H2,(H,16,21);2-4H,5-8H2,1H3,(H2,15,20)/b;11-10-. The Morgan fingerprint density at radius 2 is 1.34 bits per heavy atom. The first kappa shape index (κ1) is 29.3. The average molecular weight is 587 g/mol. The maximum atomic E-state index is 9.27. The van der Waals surface area contributed by atoms with Crippen molar-refractivity contribution in [1.82, 2.24) is 29.8 Å². The fraction of sp³-hybridized carbons (Fsp3) is 0.333. The maximum Gasteiger partial charge on any atom is 0.225 e. The number of nitrogens with zero attached hydrogens (tertiary/aromatic N) is 10. The van der Waals surface area contributed by atoms with Gasteiger partial charge in [-0.3, -0.25) is 0 Å². The Kier molecular flexibility index (Phi) is 10.1. The summed E-state index contributed by atoms with van der Waals surface area (Å²) in [6.45, 7) is 8.33. The van der Waals surface area contributed by atoms with Crippen LogP contribution in [0.2, 0.25) is 0 Å². The van der Waals surface area contributed by atoms with Crippen LogP contribution in [-0.4, -0.2) is 87.2 Å². The lowest BCUT2D eigenvalue weighted by molar-refractivity contribution is 0.319. The third kappa shape index (κ3) is 7.30. The van der Waals surface area contributed by atoms with Crippen molar-refractivity contribution in [3.05, 3.63) is 70.7 Å². The molecule has 0 radical (unpaired) electrons. The number of aromatic nitrogens is 5. The Hall–Kier alpha value is -4.66. The predicted molar refractivity (Wildman–Crippen MR) is 164 cm³/mol. The van der Waals surface area contributed by atoms with E-state index in [4.69, 9.17) is 35.4 Å². The molecule has 0 aliphatic carbocycles. The highest BCUT2D eigenvalue weighted by Crippen LogP contribution is 2.22. The van der Waals surface area contributed by atoms with Gasteiger partial charge in [-0.1, -0.05) is 24.4 Å². The van der Waals surface area contributed by atoms with Crippen LogP contribution in [0.5, 0.6) is 0 Å². The molecule has 3 N–H and O–H groups in total. The largest absolute Gasteiger partial charge is 0.389 e. The first-order chi connectivity index (χ1) is 19.9. The van der Waals surface area contributed by atoms with E-state index in [1.807, 2.05) is 19.1 Å². The highest BCUT2D eigenvalue weighted by molar-refractivity contribution is 7.80. The fourth-order valence-electron chi connectivity index (χ4n) is 4.61. The van der Waals surface area contributed by atoms with Crippen molar-refractivity contribution in [3.63, 3.8) is 0 Å². The van der Waals surface area contributed by atoms with E-state index in [0.717, 1.165) is 75.6 Å². The number of H-pyrrole nitrogens is 1. The van der Waals surface area contributed by atoms with Crippen molar-refractivity contribution in [1.29, 1.82) is 10.5 Å². The smallest absolute Gasteiger partial charge is 0.225 e. The molecule has 0 aromatic carbocycles. The number of nitrogens with one attached hydrogen (secondary N) is 1. The molecule has 3 aromatic heterocycles. The third-order valence-corrected chi connectivity index (χ3v) is 7.34. The van der Waals surface area contributed by atoms with Crippen molar-refractivity contribution >= 4 is 47.0 Å². The molecule has 2 fully saturated rings. The van der Waals surface area contributed by atoms with Crippen molar-refractivity contribution in [2.45, 2.75) is 6.92 Å². The Morgan fingerprint density at radius 1 is 0.854 bits per heavy atom. The molecule has 0 unspecified atom stereocenters. The first-order valence-electron chi connectivity index (χ1n) is 13.0. The Balaban J connectivity index is 0.000000189. The molecule has 2 aliphatic heterocycles. The van der Waals surface area contributed by atoms with Crippen LogP contribution in [0.4, 0.5) is 17.6 Å². The van der Waals surface area contributed by atoms with Gasteiger partial charge < -0.3 is 30.3 Å². The quantitative estimate of drug-likeness (QED) is 0.256. The van der Waals surface area contributed by atoms with E-state index in [-0.39, 0.29) is 4.99 Å². The summed E-state index contributed by atoms with van der Waals surface area (Å²) in [5.41, 5.74) is 8.24. The molecule has 41 heavy (non-hydrogen) atoms. The van der Waals surface area contributed by atoms with Crippen molar-refractivity contribution in [2.75, 3.05) is 67.1 Å². The summed E-state index contributed by atoms with van der Waals surface area (Å²) in [5.74, 6) is 1.49. The van der Waals surface area contributed by atoms with E-state index in [1.165, 1.54) is 0 Å². The number of aromatic amines is 1. The highest BCUT2D eigenvalue weighted by atomic mass is 32.1. The fourth-order valence-corrected chi connectivity index (χ4v) is 5.02. The van der Waals surface area contributed by atoms with Crippen LogP contribution >= 0.6 is 24.4 Å². The minimum Gasteiger partial charge on any atom is -0.389 e. The Morgan fingerprint density at radius 3 is 1.80 bits per heavy atom. The number of thiocarbonyl (C=S) groups is 1. The minimum absolute atomic E-state index is 0.152. The van der Waals surface area contributed by atoms with Crippen LogP contribution in [0.25, 0.3) is 0 Å². The number of allylic oxidation sites excluding steroid dienone is 1. The van der Waals surface area contributed by atoms with E-state index < -0.39 is 0 Å². The zero-order valence-corrected chi connectivity index (χ0v) is 24.3. The van der Waals surface area contributed by atoms with E-state index in [0.29, 0.717) is 15.8 Å². The van der Waals surface area contributed by atoms with Gasteiger partial charge in [0.1, 0.15) is 32.9 Å². The molecule has 0 amide bonds. The van der Waals surface area contributed by atoms with Gasteiger partial charge in [0.2, 0.25) is 11.9 Å². The number of nitriles is 2. The highest BCUT2D eigenvalue weighted by Gasteiger charge is 2.22. The molecule has 0 atom stereocenters. The molecule has 0 bridgehead atoms. The molecule has 3 aromatic rings. The topological polar surface area (TPSA) is 154 Å². The summed E-state index contributed by atoms with van der Waals surface area (Å²) in [5, 5.41) is 18.4. The van der Waals surface area contributed by atoms with E-state index in [2.05, 4.69) is 56.7 Å². The SMILES string of the molecule is C/C(=C(\C#N)C(N)=S)N1CCN(c2ncccn2)CC1.N#Cc1c(N2CCN(c3ncccn3)CC2)cc[nH]c1=S. The second-order valence-corrected chi connectivity index (χ2v) is 10.0. The first-order valence-corrected chi connectivity index (χ1v) is 13.8. The Labute approximate surface area is 249 Å². The summed E-state index contributed by atoms with van der Waals surface area (Å²) in [7, 11) is 0. The van der Waals surface area contributed by atoms with Crippen LogP contribution in [0.15, 0.2) is 60.5 Å². The number of piperazine rings is 2. The van der Waals surface area contributed by atoms with Crippen LogP contribution in [0.3, 0.4) is 0 Å². The second-order valence-electron chi connectivity index (χ2n) is 9.16. The molecule has 0 spiro atoms. The average Bonchev–Trinajstić information content (AvgIpc) is 3.02. The van der Waals surface area contributed by atoms with Gasteiger partial charge >= 0.3 is 0 Å². The normalized spacial score (nSPS) is 15.6. The summed E-state index contributed by atoms with van der Waals surface area (Å²) in [4.78, 5) is 28.6. The monoisotopic (exact) mass is 586 g/mol. The molecular weight excluding hydrogens is 557 g/mol. The van der Waals surface area contributed by atoms with Gasteiger partial charge in [-0.25, -0.2) is 19.9 Å². The number of anilines is 3. The lowest BCUT2D eigenvalue weighted by Crippen LogP contribution is -2.47. The van der Waals surface area contributed by atoms with Gasteiger partial charge in [0.05, 0.1) is 5.69 Å². The number of pyridine rings is 1. The van der Waals surface area contributed by atoms with Crippen LogP contribution < -0.4 is 20.4 Å². The second kappa shape index (κ2) is 14.1.